The number of nitro benzene ring substituents is 1. The van der Waals surface area contributed by atoms with Gasteiger partial charge < -0.3 is 10.2 Å². The summed E-state index contributed by atoms with van der Waals surface area (Å²) in [6.07, 6.45) is -4.43. The number of hydrogen-bond acceptors (Lipinski definition) is 4. The topological polar surface area (TPSA) is 82.3 Å². The van der Waals surface area contributed by atoms with Gasteiger partial charge in [0, 0.05) is 23.4 Å². The Hall–Kier alpha value is -3.03. The lowest BCUT2D eigenvalue weighted by atomic mass is 10.1. The van der Waals surface area contributed by atoms with E-state index >= 15 is 0 Å². The minimum atomic E-state index is -4.43. The van der Waals surface area contributed by atoms with Crippen LogP contribution in [0.5, 0.6) is 0 Å². The summed E-state index contributed by atoms with van der Waals surface area (Å²) in [6.45, 7) is 0. The third-order valence-electron chi connectivity index (χ3n) is 3.33. The number of non-ortho nitro benzene ring substituents is 1. The van der Waals surface area contributed by atoms with Gasteiger partial charge in [-0.25, -0.2) is 0 Å². The molecule has 1 aromatic heterocycles. The number of anilines is 1. The molecular weight excluding hydrogens is 313 g/mol. The number of fused-ring (bicyclic) bond motifs is 1. The van der Waals surface area contributed by atoms with Crippen molar-refractivity contribution in [2.45, 2.75) is 6.18 Å². The summed E-state index contributed by atoms with van der Waals surface area (Å²) in [6, 6.07) is 8.38. The number of nitrogens with two attached hydrogens (primary N) is 1. The molecule has 0 amide bonds. The van der Waals surface area contributed by atoms with E-state index in [1.165, 1.54) is 30.3 Å². The van der Waals surface area contributed by atoms with Crippen LogP contribution in [0.2, 0.25) is 0 Å². The lowest BCUT2D eigenvalue weighted by Gasteiger charge is -2.06. The van der Waals surface area contributed by atoms with Gasteiger partial charge in [0.1, 0.15) is 11.3 Å². The van der Waals surface area contributed by atoms with Crippen molar-refractivity contribution in [2.24, 2.45) is 0 Å². The van der Waals surface area contributed by atoms with E-state index < -0.39 is 16.7 Å². The molecule has 1 heterocycles. The van der Waals surface area contributed by atoms with Gasteiger partial charge in [0.15, 0.2) is 0 Å². The number of nitrogen functional groups attached to an aromatic ring is 1. The van der Waals surface area contributed by atoms with Gasteiger partial charge in [-0.15, -0.1) is 0 Å². The normalized spacial score (nSPS) is 11.8. The standard InChI is InChI=1S/C15H9F3N2O3/c16-15(17,18)9-3-1-8(2-4-9)13-7-11-12(20(21)22)5-10(19)6-14(11)23-13/h1-7H,19H2. The van der Waals surface area contributed by atoms with Crippen molar-refractivity contribution in [1.29, 1.82) is 0 Å². The second kappa shape index (κ2) is 5.01. The molecule has 23 heavy (non-hydrogen) atoms. The monoisotopic (exact) mass is 322 g/mol. The molecular formula is C15H9F3N2O3. The van der Waals surface area contributed by atoms with Gasteiger partial charge >= 0.3 is 6.18 Å². The SMILES string of the molecule is Nc1cc([N+](=O)[O-])c2cc(-c3ccc(C(F)(F)F)cc3)oc2c1. The molecule has 5 nitrogen and oxygen atoms in total. The van der Waals surface area contributed by atoms with Gasteiger partial charge in [-0.1, -0.05) is 12.1 Å². The summed E-state index contributed by atoms with van der Waals surface area (Å²) >= 11 is 0. The number of alkyl halides is 3. The number of furan rings is 1. The van der Waals surface area contributed by atoms with E-state index in [0.717, 1.165) is 12.1 Å². The van der Waals surface area contributed by atoms with E-state index in [-0.39, 0.29) is 28.1 Å². The van der Waals surface area contributed by atoms with E-state index in [2.05, 4.69) is 0 Å². The second-order valence-corrected chi connectivity index (χ2v) is 4.89. The molecule has 8 heteroatoms. The van der Waals surface area contributed by atoms with Crippen LogP contribution in [0.3, 0.4) is 0 Å². The molecule has 3 aromatic rings. The van der Waals surface area contributed by atoms with Gasteiger partial charge in [0.25, 0.3) is 5.69 Å². The van der Waals surface area contributed by atoms with E-state index in [1.54, 1.807) is 0 Å². The first-order chi connectivity index (χ1) is 10.8. The van der Waals surface area contributed by atoms with Gasteiger partial charge in [0.05, 0.1) is 15.9 Å². The van der Waals surface area contributed by atoms with Crippen LogP contribution < -0.4 is 5.73 Å². The maximum Gasteiger partial charge on any atom is 0.416 e. The molecule has 0 bridgehead atoms. The zero-order valence-corrected chi connectivity index (χ0v) is 11.4. The minimum absolute atomic E-state index is 0.164. The lowest BCUT2D eigenvalue weighted by Crippen LogP contribution is -2.03. The van der Waals surface area contributed by atoms with Crippen LogP contribution >= 0.6 is 0 Å². The molecule has 0 radical (unpaired) electrons. The lowest BCUT2D eigenvalue weighted by molar-refractivity contribution is -0.383. The molecule has 2 aromatic carbocycles. The first kappa shape index (κ1) is 14.9. The molecule has 0 atom stereocenters. The highest BCUT2D eigenvalue weighted by molar-refractivity contribution is 5.93. The van der Waals surface area contributed by atoms with Crippen LogP contribution in [0.1, 0.15) is 5.56 Å². The highest BCUT2D eigenvalue weighted by Crippen LogP contribution is 2.36. The fourth-order valence-electron chi connectivity index (χ4n) is 2.26. The Morgan fingerprint density at radius 1 is 1.09 bits per heavy atom. The van der Waals surface area contributed by atoms with Crippen molar-refractivity contribution in [3.05, 3.63) is 58.1 Å². The molecule has 0 unspecified atom stereocenters. The summed E-state index contributed by atoms with van der Waals surface area (Å²) < 4.78 is 43.2. The maximum absolute atomic E-state index is 12.6. The van der Waals surface area contributed by atoms with Crippen LogP contribution in [-0.4, -0.2) is 4.92 Å². The number of nitro groups is 1. The third-order valence-corrected chi connectivity index (χ3v) is 3.33. The van der Waals surface area contributed by atoms with Crippen LogP contribution in [0, 0.1) is 10.1 Å². The van der Waals surface area contributed by atoms with Crippen molar-refractivity contribution in [1.82, 2.24) is 0 Å². The first-order valence-corrected chi connectivity index (χ1v) is 6.41. The van der Waals surface area contributed by atoms with Crippen LogP contribution in [0.25, 0.3) is 22.3 Å². The molecule has 0 saturated carbocycles. The molecule has 0 aliphatic heterocycles. The molecule has 118 valence electrons. The Balaban J connectivity index is 2.11. The fraction of sp³-hybridized carbons (Fsp3) is 0.0667. The predicted octanol–water partition coefficient (Wildman–Crippen LogP) is 4.61. The summed E-state index contributed by atoms with van der Waals surface area (Å²) in [4.78, 5) is 10.5. The van der Waals surface area contributed by atoms with Gasteiger partial charge in [-0.05, 0) is 18.2 Å². The molecule has 0 fully saturated rings. The van der Waals surface area contributed by atoms with Crippen LogP contribution in [-0.2, 0) is 6.18 Å². The number of halogens is 3. The predicted molar refractivity (Wildman–Crippen MR) is 77.7 cm³/mol. The van der Waals surface area contributed by atoms with E-state index in [9.17, 15) is 23.3 Å². The van der Waals surface area contributed by atoms with Crippen molar-refractivity contribution >= 4 is 22.3 Å². The summed E-state index contributed by atoms with van der Waals surface area (Å²) in [5.41, 5.74) is 5.33. The molecule has 2 N–H and O–H groups in total. The van der Waals surface area contributed by atoms with E-state index in [0.29, 0.717) is 5.56 Å². The zero-order valence-electron chi connectivity index (χ0n) is 11.4. The van der Waals surface area contributed by atoms with Crippen LogP contribution in [0.15, 0.2) is 46.9 Å². The summed E-state index contributed by atoms with van der Waals surface area (Å²) in [5.74, 6) is 0.224. The zero-order chi connectivity index (χ0) is 16.8. The second-order valence-electron chi connectivity index (χ2n) is 4.89. The average molecular weight is 322 g/mol. The Morgan fingerprint density at radius 3 is 2.30 bits per heavy atom. The van der Waals surface area contributed by atoms with Crippen molar-refractivity contribution in [3.63, 3.8) is 0 Å². The molecule has 0 aliphatic rings. The Bertz CT molecular complexity index is 899. The third kappa shape index (κ3) is 2.70. The Labute approximate surface area is 127 Å². The van der Waals surface area contributed by atoms with E-state index in [1.807, 2.05) is 0 Å². The highest BCUT2D eigenvalue weighted by Gasteiger charge is 2.30. The smallest absolute Gasteiger partial charge is 0.416 e. The maximum atomic E-state index is 12.6. The quantitative estimate of drug-likeness (QED) is 0.424. The first-order valence-electron chi connectivity index (χ1n) is 6.41. The number of hydrogen-bond donors (Lipinski definition) is 1. The number of rotatable bonds is 2. The molecule has 3 rings (SSSR count). The van der Waals surface area contributed by atoms with Crippen molar-refractivity contribution in [3.8, 4) is 11.3 Å². The van der Waals surface area contributed by atoms with E-state index in [4.69, 9.17) is 10.2 Å². The number of nitrogens with zero attached hydrogens (tertiary/aromatic N) is 1. The van der Waals surface area contributed by atoms with Crippen molar-refractivity contribution in [2.75, 3.05) is 5.73 Å². The largest absolute Gasteiger partial charge is 0.456 e. The summed E-state index contributed by atoms with van der Waals surface area (Å²) in [7, 11) is 0. The summed E-state index contributed by atoms with van der Waals surface area (Å²) in [5, 5.41) is 11.3. The van der Waals surface area contributed by atoms with Gasteiger partial charge in [-0.3, -0.25) is 10.1 Å². The Kier molecular flexibility index (Phi) is 3.24. The Morgan fingerprint density at radius 2 is 1.74 bits per heavy atom. The average Bonchev–Trinajstić information content (AvgIpc) is 2.89. The van der Waals surface area contributed by atoms with Gasteiger partial charge in [-0.2, -0.15) is 13.2 Å². The molecule has 0 aliphatic carbocycles. The highest BCUT2D eigenvalue weighted by atomic mass is 19.4. The minimum Gasteiger partial charge on any atom is -0.456 e. The van der Waals surface area contributed by atoms with Crippen LogP contribution in [0.4, 0.5) is 24.5 Å². The number of benzene rings is 2. The molecule has 0 saturated heterocycles. The molecule has 0 spiro atoms. The van der Waals surface area contributed by atoms with Gasteiger partial charge in [0.2, 0.25) is 0 Å². The van der Waals surface area contributed by atoms with Crippen molar-refractivity contribution < 1.29 is 22.5 Å². The fourth-order valence-corrected chi connectivity index (χ4v) is 2.26.